The van der Waals surface area contributed by atoms with Crippen molar-refractivity contribution in [2.24, 2.45) is 0 Å². The smallest absolute Gasteiger partial charge is 0.0497 e. The molecule has 0 saturated heterocycles. The minimum atomic E-state index is 0.202. The van der Waals surface area contributed by atoms with Gasteiger partial charge in [0.1, 0.15) is 0 Å². The van der Waals surface area contributed by atoms with Crippen molar-refractivity contribution in [3.8, 4) is 0 Å². The van der Waals surface area contributed by atoms with Crippen LogP contribution in [0.15, 0.2) is 24.8 Å². The van der Waals surface area contributed by atoms with Crippen molar-refractivity contribution in [3.05, 3.63) is 41.5 Å². The van der Waals surface area contributed by atoms with Crippen LogP contribution in [0.1, 0.15) is 36.5 Å². The molecule has 0 aliphatic rings. The second-order valence-corrected chi connectivity index (χ2v) is 3.56. The molecule has 0 aliphatic carbocycles. The van der Waals surface area contributed by atoms with Gasteiger partial charge in [-0.15, -0.1) is 0 Å². The van der Waals surface area contributed by atoms with Crippen LogP contribution in [0, 0.1) is 0 Å². The van der Waals surface area contributed by atoms with E-state index in [0.717, 1.165) is 6.42 Å². The topological polar surface area (TPSA) is 20.2 Å². The first kappa shape index (κ1) is 11.0. The largest absolute Gasteiger partial charge is 0.396 e. The maximum absolute atomic E-state index is 9.15. The highest BCUT2D eigenvalue weighted by molar-refractivity contribution is 5.55. The van der Waals surface area contributed by atoms with Gasteiger partial charge in [0.25, 0.3) is 0 Å². The Morgan fingerprint density at radius 1 is 1.50 bits per heavy atom. The summed E-state index contributed by atoms with van der Waals surface area (Å²) in [7, 11) is 0. The standard InChI is InChI=1S/C13H18O/c1-4-11-7-6-8-13(10(3)9-14)12(11)5-2/h4,6-8,10,14H,1,5,9H2,2-3H3. The molecule has 0 radical (unpaired) electrons. The third kappa shape index (κ3) is 2.05. The molecule has 0 bridgehead atoms. The van der Waals surface area contributed by atoms with E-state index in [4.69, 9.17) is 5.11 Å². The van der Waals surface area contributed by atoms with Gasteiger partial charge in [-0.2, -0.15) is 0 Å². The lowest BCUT2D eigenvalue weighted by Crippen LogP contribution is -2.04. The second kappa shape index (κ2) is 4.97. The van der Waals surface area contributed by atoms with Crippen molar-refractivity contribution in [2.75, 3.05) is 6.61 Å². The summed E-state index contributed by atoms with van der Waals surface area (Å²) < 4.78 is 0. The molecule has 1 aromatic rings. The van der Waals surface area contributed by atoms with E-state index in [1.165, 1.54) is 16.7 Å². The van der Waals surface area contributed by atoms with Crippen LogP contribution in [-0.4, -0.2) is 11.7 Å². The van der Waals surface area contributed by atoms with Gasteiger partial charge in [-0.05, 0) is 23.1 Å². The van der Waals surface area contributed by atoms with E-state index in [1.807, 2.05) is 19.1 Å². The Bertz CT molecular complexity index is 315. The number of rotatable bonds is 4. The van der Waals surface area contributed by atoms with Crippen molar-refractivity contribution < 1.29 is 5.11 Å². The Kier molecular flexibility index (Phi) is 3.90. The van der Waals surface area contributed by atoms with Gasteiger partial charge >= 0.3 is 0 Å². The van der Waals surface area contributed by atoms with E-state index in [-0.39, 0.29) is 12.5 Å². The minimum absolute atomic E-state index is 0.202. The number of hydrogen-bond donors (Lipinski definition) is 1. The molecule has 0 amide bonds. The van der Waals surface area contributed by atoms with Gasteiger partial charge in [0.15, 0.2) is 0 Å². The van der Waals surface area contributed by atoms with E-state index < -0.39 is 0 Å². The molecule has 1 heteroatoms. The van der Waals surface area contributed by atoms with Crippen molar-refractivity contribution in [1.29, 1.82) is 0 Å². The van der Waals surface area contributed by atoms with Crippen molar-refractivity contribution in [1.82, 2.24) is 0 Å². The molecule has 1 atom stereocenters. The number of aliphatic hydroxyl groups is 1. The highest BCUT2D eigenvalue weighted by Crippen LogP contribution is 2.23. The van der Waals surface area contributed by atoms with Gasteiger partial charge in [0.2, 0.25) is 0 Å². The molecule has 0 heterocycles. The summed E-state index contributed by atoms with van der Waals surface area (Å²) in [6.07, 6.45) is 2.87. The Balaban J connectivity index is 3.21. The highest BCUT2D eigenvalue weighted by atomic mass is 16.3. The Hall–Kier alpha value is -1.08. The first-order valence-corrected chi connectivity index (χ1v) is 5.09. The van der Waals surface area contributed by atoms with Crippen LogP contribution in [0.3, 0.4) is 0 Å². The van der Waals surface area contributed by atoms with E-state index in [2.05, 4.69) is 25.6 Å². The van der Waals surface area contributed by atoms with Crippen LogP contribution in [0.2, 0.25) is 0 Å². The van der Waals surface area contributed by atoms with Gasteiger partial charge in [-0.3, -0.25) is 0 Å². The fraction of sp³-hybridized carbons (Fsp3) is 0.385. The summed E-state index contributed by atoms with van der Waals surface area (Å²) in [5.74, 6) is 0.213. The highest BCUT2D eigenvalue weighted by Gasteiger charge is 2.10. The summed E-state index contributed by atoms with van der Waals surface area (Å²) in [6, 6.07) is 6.18. The first-order valence-electron chi connectivity index (χ1n) is 5.09. The molecule has 1 nitrogen and oxygen atoms in total. The minimum Gasteiger partial charge on any atom is -0.396 e. The fourth-order valence-corrected chi connectivity index (χ4v) is 1.78. The lowest BCUT2D eigenvalue weighted by Gasteiger charge is -2.15. The van der Waals surface area contributed by atoms with Crippen LogP contribution < -0.4 is 0 Å². The van der Waals surface area contributed by atoms with Crippen molar-refractivity contribution >= 4 is 6.08 Å². The van der Waals surface area contributed by atoms with Crippen LogP contribution in [0.25, 0.3) is 6.08 Å². The molecular formula is C13H18O. The van der Waals surface area contributed by atoms with Gasteiger partial charge in [-0.25, -0.2) is 0 Å². The molecule has 14 heavy (non-hydrogen) atoms. The van der Waals surface area contributed by atoms with Gasteiger partial charge < -0.3 is 5.11 Å². The summed E-state index contributed by atoms with van der Waals surface area (Å²) >= 11 is 0. The first-order chi connectivity index (χ1) is 6.74. The number of aliphatic hydroxyl groups excluding tert-OH is 1. The maximum Gasteiger partial charge on any atom is 0.0497 e. The second-order valence-electron chi connectivity index (χ2n) is 3.56. The molecule has 0 fully saturated rings. The molecule has 1 unspecified atom stereocenters. The van der Waals surface area contributed by atoms with E-state index >= 15 is 0 Å². The SMILES string of the molecule is C=Cc1cccc(C(C)CO)c1CC. The van der Waals surface area contributed by atoms with E-state index in [1.54, 1.807) is 0 Å². The zero-order chi connectivity index (χ0) is 10.6. The molecule has 0 spiro atoms. The van der Waals surface area contributed by atoms with Crippen molar-refractivity contribution in [3.63, 3.8) is 0 Å². The average molecular weight is 190 g/mol. The fourth-order valence-electron chi connectivity index (χ4n) is 1.78. The Morgan fingerprint density at radius 3 is 2.71 bits per heavy atom. The van der Waals surface area contributed by atoms with Crippen molar-refractivity contribution in [2.45, 2.75) is 26.2 Å². The van der Waals surface area contributed by atoms with Gasteiger partial charge in [0.05, 0.1) is 0 Å². The molecule has 0 saturated carbocycles. The van der Waals surface area contributed by atoms with E-state index in [0.29, 0.717) is 0 Å². The molecule has 1 aromatic carbocycles. The predicted octanol–water partition coefficient (Wildman–Crippen LogP) is 2.99. The summed E-state index contributed by atoms with van der Waals surface area (Å²) in [5, 5.41) is 9.15. The molecular weight excluding hydrogens is 172 g/mol. The monoisotopic (exact) mass is 190 g/mol. The quantitative estimate of drug-likeness (QED) is 0.773. The summed E-state index contributed by atoms with van der Waals surface area (Å²) in [6.45, 7) is 8.18. The van der Waals surface area contributed by atoms with Gasteiger partial charge in [0, 0.05) is 12.5 Å². The molecule has 1 N–H and O–H groups in total. The van der Waals surface area contributed by atoms with E-state index in [9.17, 15) is 0 Å². The Labute approximate surface area is 86.1 Å². The predicted molar refractivity (Wildman–Crippen MR) is 61.4 cm³/mol. The lowest BCUT2D eigenvalue weighted by molar-refractivity contribution is 0.272. The lowest BCUT2D eigenvalue weighted by atomic mass is 9.91. The maximum atomic E-state index is 9.15. The van der Waals surface area contributed by atoms with Gasteiger partial charge in [-0.1, -0.05) is 44.7 Å². The third-order valence-electron chi connectivity index (χ3n) is 2.63. The normalized spacial score (nSPS) is 12.5. The average Bonchev–Trinajstić information content (AvgIpc) is 2.26. The van der Waals surface area contributed by atoms with Crippen LogP contribution in [-0.2, 0) is 6.42 Å². The summed E-state index contributed by atoms with van der Waals surface area (Å²) in [4.78, 5) is 0. The molecule has 1 rings (SSSR count). The van der Waals surface area contributed by atoms with Crippen LogP contribution in [0.4, 0.5) is 0 Å². The third-order valence-corrected chi connectivity index (χ3v) is 2.63. The Morgan fingerprint density at radius 2 is 2.21 bits per heavy atom. The summed E-state index contributed by atoms with van der Waals surface area (Å²) in [5.41, 5.74) is 3.74. The zero-order valence-electron chi connectivity index (χ0n) is 8.96. The molecule has 0 aliphatic heterocycles. The number of hydrogen-bond acceptors (Lipinski definition) is 1. The van der Waals surface area contributed by atoms with Crippen LogP contribution in [0.5, 0.6) is 0 Å². The number of benzene rings is 1. The molecule has 0 aromatic heterocycles. The molecule has 76 valence electrons. The van der Waals surface area contributed by atoms with Crippen LogP contribution >= 0.6 is 0 Å². The zero-order valence-corrected chi connectivity index (χ0v) is 8.96.